The molecule has 3 aromatic rings. The zero-order chi connectivity index (χ0) is 16.8. The van der Waals surface area contributed by atoms with Crippen LogP contribution in [0.15, 0.2) is 35.5 Å². The molecule has 1 aromatic carbocycles. The highest BCUT2D eigenvalue weighted by molar-refractivity contribution is 7.92. The van der Waals surface area contributed by atoms with E-state index < -0.39 is 10.0 Å². The van der Waals surface area contributed by atoms with Crippen LogP contribution in [0.4, 0.5) is 5.69 Å². The van der Waals surface area contributed by atoms with Crippen molar-refractivity contribution in [2.75, 3.05) is 4.72 Å². The minimum Gasteiger partial charge on any atom is -0.279 e. The van der Waals surface area contributed by atoms with Crippen LogP contribution in [-0.2, 0) is 10.0 Å². The van der Waals surface area contributed by atoms with Crippen molar-refractivity contribution >= 4 is 32.0 Å². The summed E-state index contributed by atoms with van der Waals surface area (Å²) < 4.78 is 30.3. The Morgan fingerprint density at radius 3 is 2.65 bits per heavy atom. The van der Waals surface area contributed by atoms with Crippen LogP contribution in [0, 0.1) is 13.8 Å². The van der Waals surface area contributed by atoms with Gasteiger partial charge in [0.2, 0.25) is 0 Å². The van der Waals surface area contributed by atoms with Gasteiger partial charge in [-0.3, -0.25) is 9.12 Å². The molecule has 0 aliphatic heterocycles. The monoisotopic (exact) mass is 349 g/mol. The Morgan fingerprint density at radius 1 is 1.26 bits per heavy atom. The molecule has 7 heteroatoms. The van der Waals surface area contributed by atoms with Gasteiger partial charge in [-0.15, -0.1) is 11.3 Å². The maximum atomic E-state index is 13.0. The van der Waals surface area contributed by atoms with Crippen LogP contribution in [0.3, 0.4) is 0 Å². The standard InChI is InChI=1S/C16H19N3O2S2/c1-10(2)14-15(19-9-12(4)22-16(19)17-14)23(20,21)18-13-7-5-6-11(3)8-13/h5-10,18H,1-4H3. The van der Waals surface area contributed by atoms with E-state index in [9.17, 15) is 8.42 Å². The van der Waals surface area contributed by atoms with Crippen molar-refractivity contribution < 1.29 is 8.42 Å². The number of imidazole rings is 1. The Morgan fingerprint density at radius 2 is 2.00 bits per heavy atom. The van der Waals surface area contributed by atoms with Gasteiger partial charge in [-0.2, -0.15) is 8.42 Å². The van der Waals surface area contributed by atoms with E-state index >= 15 is 0 Å². The fraction of sp³-hybridized carbons (Fsp3) is 0.312. The Kier molecular flexibility index (Phi) is 3.93. The van der Waals surface area contributed by atoms with Crippen LogP contribution in [0.2, 0.25) is 0 Å². The van der Waals surface area contributed by atoms with Crippen LogP contribution in [-0.4, -0.2) is 17.8 Å². The summed E-state index contributed by atoms with van der Waals surface area (Å²) in [6.07, 6.45) is 1.82. The average molecular weight is 349 g/mol. The minimum absolute atomic E-state index is 0.0199. The van der Waals surface area contributed by atoms with Gasteiger partial charge in [0, 0.05) is 16.8 Å². The lowest BCUT2D eigenvalue weighted by Crippen LogP contribution is -2.17. The van der Waals surface area contributed by atoms with Crippen molar-refractivity contribution in [3.8, 4) is 0 Å². The first-order chi connectivity index (χ1) is 10.8. The van der Waals surface area contributed by atoms with Crippen molar-refractivity contribution in [2.45, 2.75) is 38.6 Å². The molecule has 0 fully saturated rings. The second kappa shape index (κ2) is 5.65. The summed E-state index contributed by atoms with van der Waals surface area (Å²) in [5.41, 5.74) is 2.15. The molecule has 0 radical (unpaired) electrons. The van der Waals surface area contributed by atoms with E-state index in [4.69, 9.17) is 0 Å². The molecule has 0 saturated heterocycles. The number of nitrogens with one attached hydrogen (secondary N) is 1. The number of benzene rings is 1. The van der Waals surface area contributed by atoms with E-state index in [1.807, 2.05) is 52.1 Å². The molecular formula is C16H19N3O2S2. The van der Waals surface area contributed by atoms with Crippen molar-refractivity contribution in [3.05, 3.63) is 46.6 Å². The van der Waals surface area contributed by atoms with E-state index in [2.05, 4.69) is 9.71 Å². The molecule has 2 heterocycles. The third-order valence-electron chi connectivity index (χ3n) is 3.49. The van der Waals surface area contributed by atoms with Gasteiger partial charge in [0.15, 0.2) is 9.99 Å². The zero-order valence-corrected chi connectivity index (χ0v) is 15.1. The molecule has 3 rings (SSSR count). The highest BCUT2D eigenvalue weighted by atomic mass is 32.2. The number of anilines is 1. The summed E-state index contributed by atoms with van der Waals surface area (Å²) in [4.78, 5) is 6.25. The number of nitrogens with zero attached hydrogens (tertiary/aromatic N) is 2. The third kappa shape index (κ3) is 2.98. The molecule has 5 nitrogen and oxygen atoms in total. The summed E-state index contributed by atoms with van der Waals surface area (Å²) in [6.45, 7) is 7.77. The van der Waals surface area contributed by atoms with Gasteiger partial charge in [0.05, 0.1) is 5.69 Å². The van der Waals surface area contributed by atoms with Gasteiger partial charge in [0.1, 0.15) is 0 Å². The van der Waals surface area contributed by atoms with Crippen molar-refractivity contribution in [1.29, 1.82) is 0 Å². The predicted octanol–water partition coefficient (Wildman–Crippen LogP) is 3.94. The van der Waals surface area contributed by atoms with E-state index in [0.717, 1.165) is 10.4 Å². The first-order valence-electron chi connectivity index (χ1n) is 7.36. The molecule has 0 atom stereocenters. The molecular weight excluding hydrogens is 330 g/mol. The van der Waals surface area contributed by atoms with E-state index in [1.54, 1.807) is 10.5 Å². The Labute approximate surface area is 140 Å². The van der Waals surface area contributed by atoms with Crippen LogP contribution in [0.25, 0.3) is 4.96 Å². The Bertz CT molecular complexity index is 969. The maximum absolute atomic E-state index is 13.0. The predicted molar refractivity (Wildman–Crippen MR) is 93.9 cm³/mol. The number of aryl methyl sites for hydroxylation is 2. The highest BCUT2D eigenvalue weighted by Gasteiger charge is 2.27. The molecule has 0 saturated carbocycles. The second-order valence-corrected chi connectivity index (χ2v) is 8.74. The first-order valence-corrected chi connectivity index (χ1v) is 9.66. The van der Waals surface area contributed by atoms with Crippen LogP contribution in [0.1, 0.15) is 35.9 Å². The van der Waals surface area contributed by atoms with Gasteiger partial charge in [-0.25, -0.2) is 4.98 Å². The van der Waals surface area contributed by atoms with Gasteiger partial charge >= 0.3 is 0 Å². The number of hydrogen-bond acceptors (Lipinski definition) is 4. The molecule has 2 aromatic heterocycles. The summed E-state index contributed by atoms with van der Waals surface area (Å²) in [7, 11) is -3.72. The topological polar surface area (TPSA) is 63.5 Å². The van der Waals surface area contributed by atoms with E-state index in [-0.39, 0.29) is 10.9 Å². The first kappa shape index (κ1) is 16.0. The lowest BCUT2D eigenvalue weighted by Gasteiger charge is -2.11. The molecule has 0 amide bonds. The number of sulfonamides is 1. The summed E-state index contributed by atoms with van der Waals surface area (Å²) >= 11 is 1.49. The Balaban J connectivity index is 2.15. The van der Waals surface area contributed by atoms with Crippen LogP contribution in [0.5, 0.6) is 0 Å². The molecule has 0 aliphatic carbocycles. The summed E-state index contributed by atoms with van der Waals surface area (Å²) in [5, 5.41) is 0.230. The van der Waals surface area contributed by atoms with E-state index in [0.29, 0.717) is 16.3 Å². The maximum Gasteiger partial charge on any atom is 0.279 e. The number of thiazole rings is 1. The SMILES string of the molecule is Cc1cccc(NS(=O)(=O)c2c(C(C)C)nc3sc(C)cn23)c1. The molecule has 1 N–H and O–H groups in total. The van der Waals surface area contributed by atoms with Gasteiger partial charge in [-0.05, 0) is 37.5 Å². The molecule has 0 bridgehead atoms. The number of aromatic nitrogens is 2. The zero-order valence-electron chi connectivity index (χ0n) is 13.5. The number of hydrogen-bond donors (Lipinski definition) is 1. The highest BCUT2D eigenvalue weighted by Crippen LogP contribution is 2.30. The van der Waals surface area contributed by atoms with E-state index in [1.165, 1.54) is 11.3 Å². The molecule has 0 spiro atoms. The summed E-state index contributed by atoms with van der Waals surface area (Å²) in [6, 6.07) is 7.31. The molecule has 122 valence electrons. The number of fused-ring (bicyclic) bond motifs is 1. The number of rotatable bonds is 4. The Hall–Kier alpha value is -1.86. The molecule has 0 unspecified atom stereocenters. The summed E-state index contributed by atoms with van der Waals surface area (Å²) in [5.74, 6) is 0.0199. The van der Waals surface area contributed by atoms with Crippen LogP contribution < -0.4 is 4.72 Å². The lowest BCUT2D eigenvalue weighted by atomic mass is 10.2. The lowest BCUT2D eigenvalue weighted by molar-refractivity contribution is 0.593. The van der Waals surface area contributed by atoms with Crippen molar-refractivity contribution in [3.63, 3.8) is 0 Å². The van der Waals surface area contributed by atoms with Crippen LogP contribution >= 0.6 is 11.3 Å². The van der Waals surface area contributed by atoms with Gasteiger partial charge in [0.25, 0.3) is 10.0 Å². The molecule has 0 aliphatic rings. The largest absolute Gasteiger partial charge is 0.279 e. The fourth-order valence-corrected chi connectivity index (χ4v) is 4.89. The van der Waals surface area contributed by atoms with Gasteiger partial charge in [-0.1, -0.05) is 26.0 Å². The van der Waals surface area contributed by atoms with Crippen molar-refractivity contribution in [1.82, 2.24) is 9.38 Å². The smallest absolute Gasteiger partial charge is 0.279 e. The minimum atomic E-state index is -3.72. The quantitative estimate of drug-likeness (QED) is 0.776. The van der Waals surface area contributed by atoms with Gasteiger partial charge < -0.3 is 0 Å². The molecule has 23 heavy (non-hydrogen) atoms. The van der Waals surface area contributed by atoms with Crippen molar-refractivity contribution in [2.24, 2.45) is 0 Å². The average Bonchev–Trinajstić information content (AvgIpc) is 2.93. The third-order valence-corrected chi connectivity index (χ3v) is 5.81. The second-order valence-electron chi connectivity index (χ2n) is 5.93. The normalized spacial score (nSPS) is 12.2. The fourth-order valence-electron chi connectivity index (χ4n) is 2.51.